The van der Waals surface area contributed by atoms with Crippen molar-refractivity contribution in [2.45, 2.75) is 20.8 Å². The molecule has 0 bridgehead atoms. The second-order valence-electron chi connectivity index (χ2n) is 1.90. The lowest BCUT2D eigenvalue weighted by Gasteiger charge is -2.04. The number of nitrogens with one attached hydrogen (secondary N) is 1. The van der Waals surface area contributed by atoms with Gasteiger partial charge < -0.3 is 5.32 Å². The minimum atomic E-state index is 0.327. The number of nitrogens with zero attached hydrogens (tertiary/aromatic N) is 1. The fraction of sp³-hybridized carbons (Fsp3) is 0.444. The summed E-state index contributed by atoms with van der Waals surface area (Å²) in [5.41, 5.74) is 1.54. The zero-order valence-corrected chi connectivity index (χ0v) is 9.00. The maximum absolute atomic E-state index is 5.54. The highest BCUT2D eigenvalue weighted by Gasteiger charge is 1.94. The SMILES string of the molecule is C=C(C)C(=C)NC(Cl)=NC.CC. The van der Waals surface area contributed by atoms with E-state index in [1.54, 1.807) is 7.05 Å². The van der Waals surface area contributed by atoms with Crippen LogP contribution in [-0.4, -0.2) is 12.3 Å². The smallest absolute Gasteiger partial charge is 0.195 e. The molecular formula is C9H17ClN2. The maximum atomic E-state index is 5.54. The first-order valence-corrected chi connectivity index (χ1v) is 4.19. The van der Waals surface area contributed by atoms with E-state index in [-0.39, 0.29) is 0 Å². The molecule has 70 valence electrons. The average molecular weight is 189 g/mol. The quantitative estimate of drug-likeness (QED) is 0.307. The van der Waals surface area contributed by atoms with Crippen molar-refractivity contribution in [1.29, 1.82) is 0 Å². The molecule has 0 aromatic carbocycles. The molecule has 0 aromatic heterocycles. The van der Waals surface area contributed by atoms with Crippen molar-refractivity contribution in [3.05, 3.63) is 24.4 Å². The van der Waals surface area contributed by atoms with Gasteiger partial charge in [0.05, 0.1) is 0 Å². The first-order chi connectivity index (χ1) is 5.57. The van der Waals surface area contributed by atoms with Gasteiger partial charge in [-0.2, -0.15) is 0 Å². The molecule has 0 spiro atoms. The van der Waals surface area contributed by atoms with E-state index in [0.29, 0.717) is 11.0 Å². The summed E-state index contributed by atoms with van der Waals surface area (Å²) in [6.45, 7) is 13.2. The standard InChI is InChI=1S/C7H11ClN2.C2H6/c1-5(2)6(3)10-7(8)9-4;1-2/h1,3H2,2,4H3,(H,9,10);1-2H3. The van der Waals surface area contributed by atoms with E-state index in [1.807, 2.05) is 20.8 Å². The number of allylic oxidation sites excluding steroid dienone is 1. The van der Waals surface area contributed by atoms with Gasteiger partial charge in [0.25, 0.3) is 0 Å². The Morgan fingerprint density at radius 1 is 1.33 bits per heavy atom. The molecule has 0 aliphatic rings. The molecule has 0 rings (SSSR count). The fourth-order valence-corrected chi connectivity index (χ4v) is 0.401. The number of rotatable bonds is 2. The van der Waals surface area contributed by atoms with Gasteiger partial charge in [-0.25, -0.2) is 0 Å². The van der Waals surface area contributed by atoms with Gasteiger partial charge in [-0.3, -0.25) is 4.99 Å². The number of aliphatic imine (C=N–C) groups is 1. The van der Waals surface area contributed by atoms with Crippen LogP contribution in [0.5, 0.6) is 0 Å². The Labute approximate surface area is 80.0 Å². The minimum Gasteiger partial charge on any atom is -0.331 e. The van der Waals surface area contributed by atoms with Crippen molar-refractivity contribution in [3.8, 4) is 0 Å². The van der Waals surface area contributed by atoms with Gasteiger partial charge >= 0.3 is 0 Å². The van der Waals surface area contributed by atoms with Gasteiger partial charge in [0.2, 0.25) is 0 Å². The van der Waals surface area contributed by atoms with E-state index in [1.165, 1.54) is 0 Å². The average Bonchev–Trinajstić information content (AvgIpc) is 2.07. The van der Waals surface area contributed by atoms with Crippen LogP contribution in [0.25, 0.3) is 0 Å². The molecule has 0 saturated heterocycles. The van der Waals surface area contributed by atoms with E-state index in [2.05, 4.69) is 23.5 Å². The summed E-state index contributed by atoms with van der Waals surface area (Å²) < 4.78 is 0. The van der Waals surface area contributed by atoms with Crippen LogP contribution in [-0.2, 0) is 0 Å². The third-order valence-electron chi connectivity index (χ3n) is 0.966. The number of hydrogen-bond acceptors (Lipinski definition) is 1. The van der Waals surface area contributed by atoms with Gasteiger partial charge in [0.15, 0.2) is 5.29 Å². The minimum absolute atomic E-state index is 0.327. The Bertz CT molecular complexity index is 183. The van der Waals surface area contributed by atoms with Crippen LogP contribution >= 0.6 is 11.6 Å². The van der Waals surface area contributed by atoms with Crippen molar-refractivity contribution >= 4 is 16.9 Å². The second-order valence-corrected chi connectivity index (χ2v) is 2.26. The van der Waals surface area contributed by atoms with E-state index in [0.717, 1.165) is 5.57 Å². The third kappa shape index (κ3) is 7.35. The summed E-state index contributed by atoms with van der Waals surface area (Å²) in [6.07, 6.45) is 0. The highest BCUT2D eigenvalue weighted by molar-refractivity contribution is 6.64. The van der Waals surface area contributed by atoms with Crippen molar-refractivity contribution in [2.75, 3.05) is 7.05 Å². The van der Waals surface area contributed by atoms with Gasteiger partial charge in [-0.1, -0.05) is 27.0 Å². The molecule has 0 aromatic rings. The first-order valence-electron chi connectivity index (χ1n) is 3.82. The van der Waals surface area contributed by atoms with Crippen LogP contribution < -0.4 is 5.32 Å². The van der Waals surface area contributed by atoms with Crippen molar-refractivity contribution in [1.82, 2.24) is 5.32 Å². The molecule has 0 aliphatic heterocycles. The number of halogens is 1. The summed E-state index contributed by atoms with van der Waals surface area (Å²) >= 11 is 5.54. The summed E-state index contributed by atoms with van der Waals surface area (Å²) in [6, 6.07) is 0. The Kier molecular flexibility index (Phi) is 9.59. The second kappa shape index (κ2) is 8.34. The van der Waals surface area contributed by atoms with Crippen LogP contribution in [0, 0.1) is 0 Å². The molecule has 0 aliphatic carbocycles. The zero-order chi connectivity index (χ0) is 10.1. The van der Waals surface area contributed by atoms with Crippen LogP contribution in [0.3, 0.4) is 0 Å². The monoisotopic (exact) mass is 188 g/mol. The Morgan fingerprint density at radius 2 is 1.75 bits per heavy atom. The lowest BCUT2D eigenvalue weighted by molar-refractivity contribution is 1.14. The molecule has 0 atom stereocenters. The molecule has 12 heavy (non-hydrogen) atoms. The van der Waals surface area contributed by atoms with Crippen LogP contribution in [0.2, 0.25) is 0 Å². The lowest BCUT2D eigenvalue weighted by Crippen LogP contribution is -2.16. The molecule has 0 heterocycles. The van der Waals surface area contributed by atoms with E-state index in [9.17, 15) is 0 Å². The van der Waals surface area contributed by atoms with Crippen LogP contribution in [0.4, 0.5) is 0 Å². The first kappa shape index (κ1) is 13.8. The molecule has 0 unspecified atom stereocenters. The maximum Gasteiger partial charge on any atom is 0.195 e. The molecule has 0 saturated carbocycles. The highest BCUT2D eigenvalue weighted by atomic mass is 35.5. The molecule has 3 heteroatoms. The summed E-state index contributed by atoms with van der Waals surface area (Å²) in [4.78, 5) is 3.68. The normalized spacial score (nSPS) is 9.58. The van der Waals surface area contributed by atoms with Gasteiger partial charge in [-0.15, -0.1) is 0 Å². The summed E-state index contributed by atoms with van der Waals surface area (Å²) in [5.74, 6) is 0. The highest BCUT2D eigenvalue weighted by Crippen LogP contribution is 1.99. The summed E-state index contributed by atoms with van der Waals surface area (Å²) in [5, 5.41) is 3.08. The predicted octanol–water partition coefficient (Wildman–Crippen LogP) is 2.92. The molecule has 0 fully saturated rings. The van der Waals surface area contributed by atoms with Crippen molar-refractivity contribution in [3.63, 3.8) is 0 Å². The topological polar surface area (TPSA) is 24.4 Å². The van der Waals surface area contributed by atoms with Gasteiger partial charge in [0.1, 0.15) is 0 Å². The molecular weight excluding hydrogens is 172 g/mol. The predicted molar refractivity (Wildman–Crippen MR) is 57.6 cm³/mol. The van der Waals surface area contributed by atoms with Gasteiger partial charge in [0, 0.05) is 12.7 Å². The Hall–Kier alpha value is -0.760. The van der Waals surface area contributed by atoms with Crippen LogP contribution in [0.1, 0.15) is 20.8 Å². The molecule has 2 nitrogen and oxygen atoms in total. The third-order valence-corrected chi connectivity index (χ3v) is 1.23. The molecule has 1 N–H and O–H groups in total. The van der Waals surface area contributed by atoms with Crippen LogP contribution in [0.15, 0.2) is 29.4 Å². The number of amidine groups is 1. The van der Waals surface area contributed by atoms with Gasteiger partial charge in [-0.05, 0) is 24.1 Å². The zero-order valence-electron chi connectivity index (χ0n) is 8.24. The Morgan fingerprint density at radius 3 is 2.00 bits per heavy atom. The lowest BCUT2D eigenvalue weighted by atomic mass is 10.3. The largest absolute Gasteiger partial charge is 0.331 e. The number of hydrogen-bond donors (Lipinski definition) is 1. The van der Waals surface area contributed by atoms with E-state index in [4.69, 9.17) is 11.6 Å². The van der Waals surface area contributed by atoms with E-state index < -0.39 is 0 Å². The van der Waals surface area contributed by atoms with Crippen molar-refractivity contribution < 1.29 is 0 Å². The molecule has 0 radical (unpaired) electrons. The molecule has 0 amide bonds. The van der Waals surface area contributed by atoms with E-state index >= 15 is 0 Å². The summed E-state index contributed by atoms with van der Waals surface area (Å²) in [7, 11) is 1.60. The van der Waals surface area contributed by atoms with Crippen molar-refractivity contribution in [2.24, 2.45) is 4.99 Å². The Balaban J connectivity index is 0. The fourth-order valence-electron chi connectivity index (χ4n) is 0.287.